The molecule has 9 N–H and O–H groups in total. The Morgan fingerprint density at radius 3 is 1.16 bits per heavy atom. The molecule has 12 atom stereocenters. The first kappa shape index (κ1) is 73.8. The molecule has 0 aromatic rings. The zero-order valence-corrected chi connectivity index (χ0v) is 50.6. The third-order valence-electron chi connectivity index (χ3n) is 16.7. The van der Waals surface area contributed by atoms with Crippen molar-refractivity contribution in [2.75, 3.05) is 19.8 Å². The normalized spacial score (nSPS) is 24.4. The number of nitrogens with one attached hydrogen (secondary N) is 1. The van der Waals surface area contributed by atoms with Crippen LogP contribution in [0.3, 0.4) is 0 Å². The van der Waals surface area contributed by atoms with Crippen molar-refractivity contribution in [1.82, 2.24) is 5.32 Å². The molecule has 0 saturated carbocycles. The summed E-state index contributed by atoms with van der Waals surface area (Å²) >= 11 is 0. The van der Waals surface area contributed by atoms with Crippen LogP contribution in [0.5, 0.6) is 0 Å². The van der Waals surface area contributed by atoms with E-state index in [4.69, 9.17) is 18.9 Å². The van der Waals surface area contributed by atoms with E-state index in [-0.39, 0.29) is 18.9 Å². The summed E-state index contributed by atoms with van der Waals surface area (Å²) in [7, 11) is 0. The number of ether oxygens (including phenoxy) is 4. The summed E-state index contributed by atoms with van der Waals surface area (Å²) in [5.41, 5.74) is 0. The second kappa shape index (κ2) is 51.2. The van der Waals surface area contributed by atoms with Crippen molar-refractivity contribution in [1.29, 1.82) is 0 Å². The second-order valence-corrected chi connectivity index (χ2v) is 24.0. The van der Waals surface area contributed by atoms with E-state index < -0.39 is 86.8 Å². The van der Waals surface area contributed by atoms with Gasteiger partial charge in [0, 0.05) is 6.42 Å². The first-order chi connectivity index (χ1) is 38.6. The van der Waals surface area contributed by atoms with Gasteiger partial charge in [-0.05, 0) is 19.3 Å². The number of rotatable bonds is 55. The highest BCUT2D eigenvalue weighted by Gasteiger charge is 2.51. The fourth-order valence-electron chi connectivity index (χ4n) is 11.4. The largest absolute Gasteiger partial charge is 0.394 e. The topological polar surface area (TPSA) is 228 Å². The van der Waals surface area contributed by atoms with Crippen LogP contribution in [-0.2, 0) is 23.7 Å². The number of carbonyl (C=O) groups is 1. The zero-order chi connectivity index (χ0) is 57.4. The molecule has 0 radical (unpaired) electrons. The summed E-state index contributed by atoms with van der Waals surface area (Å²) in [4.78, 5) is 13.2. The average molecular weight is 1130 g/mol. The molecule has 0 bridgehead atoms. The summed E-state index contributed by atoms with van der Waals surface area (Å²) in [5.74, 6) is -0.235. The molecule has 14 nitrogen and oxygen atoms in total. The lowest BCUT2D eigenvalue weighted by atomic mass is 9.97. The fraction of sp³-hybridized carbons (Fsp3) is 0.954. The molecule has 0 aromatic carbocycles. The zero-order valence-electron chi connectivity index (χ0n) is 50.6. The summed E-state index contributed by atoms with van der Waals surface area (Å²) in [6.07, 6.45) is 44.6. The molecule has 14 heteroatoms. The van der Waals surface area contributed by atoms with Gasteiger partial charge in [-0.3, -0.25) is 4.79 Å². The van der Waals surface area contributed by atoms with E-state index in [1.165, 1.54) is 238 Å². The first-order valence-electron chi connectivity index (χ1n) is 33.4. The van der Waals surface area contributed by atoms with Gasteiger partial charge in [-0.1, -0.05) is 289 Å². The number of allylic oxidation sites excluding steroid dienone is 1. The number of hydrogen-bond acceptors (Lipinski definition) is 13. The quantitative estimate of drug-likeness (QED) is 0.0204. The van der Waals surface area contributed by atoms with Crippen LogP contribution in [0, 0.1) is 0 Å². The van der Waals surface area contributed by atoms with Gasteiger partial charge in [0.15, 0.2) is 12.6 Å². The summed E-state index contributed by atoms with van der Waals surface area (Å²) in [6, 6.07) is -0.908. The number of carbonyl (C=O) groups excluding carboxylic acids is 1. The summed E-state index contributed by atoms with van der Waals surface area (Å²) < 4.78 is 22.7. The van der Waals surface area contributed by atoms with Crippen LogP contribution in [0.1, 0.15) is 303 Å². The summed E-state index contributed by atoms with van der Waals surface area (Å²) in [5, 5.41) is 87.0. The van der Waals surface area contributed by atoms with Crippen molar-refractivity contribution >= 4 is 5.91 Å². The highest BCUT2D eigenvalue weighted by atomic mass is 16.7. The molecule has 4 unspecified atom stereocenters. The number of aliphatic hydroxyl groups is 8. The maximum atomic E-state index is 13.2. The van der Waals surface area contributed by atoms with E-state index in [1.807, 2.05) is 6.08 Å². The Kier molecular flexibility index (Phi) is 47.8. The summed E-state index contributed by atoms with van der Waals surface area (Å²) in [6.45, 7) is 2.80. The highest BCUT2D eigenvalue weighted by Crippen LogP contribution is 2.30. The van der Waals surface area contributed by atoms with Crippen molar-refractivity contribution in [3.05, 3.63) is 12.2 Å². The van der Waals surface area contributed by atoms with Crippen LogP contribution in [0.4, 0.5) is 0 Å². The second-order valence-electron chi connectivity index (χ2n) is 24.0. The predicted octanol–water partition coefficient (Wildman–Crippen LogP) is 12.6. The number of unbranched alkanes of at least 4 members (excludes halogenated alkanes) is 42. The lowest BCUT2D eigenvalue weighted by Crippen LogP contribution is -2.65. The molecule has 0 aromatic heterocycles. The van der Waals surface area contributed by atoms with Crippen LogP contribution in [0.2, 0.25) is 0 Å². The van der Waals surface area contributed by atoms with E-state index in [9.17, 15) is 45.6 Å². The van der Waals surface area contributed by atoms with E-state index >= 15 is 0 Å². The van der Waals surface area contributed by atoms with E-state index in [1.54, 1.807) is 6.08 Å². The van der Waals surface area contributed by atoms with Crippen LogP contribution in [0.25, 0.3) is 0 Å². The van der Waals surface area contributed by atoms with Gasteiger partial charge >= 0.3 is 0 Å². The molecule has 0 spiro atoms. The lowest BCUT2D eigenvalue weighted by molar-refractivity contribution is -0.359. The maximum Gasteiger partial charge on any atom is 0.220 e. The van der Waals surface area contributed by atoms with Crippen molar-refractivity contribution in [2.45, 2.75) is 376 Å². The Bertz CT molecular complexity index is 1380. The molecule has 468 valence electrons. The van der Waals surface area contributed by atoms with E-state index in [0.29, 0.717) is 6.42 Å². The SMILES string of the molecule is CCCCCCCCCC/C=C/[C@@H](O)[C@H](CO[C@@H]1O[C@H](CO)[C@@H](O[C@@H]2O[C@H](CO)[C@H](O)C(O)C2O)C(O)C1O)NC(=O)CCCCCCCCCCCCCCCCCCCCCCCCCCCCCCCCCCCCC. The molecule has 0 aliphatic carbocycles. The highest BCUT2D eigenvalue weighted by molar-refractivity contribution is 5.76. The average Bonchev–Trinajstić information content (AvgIpc) is 3.48. The third kappa shape index (κ3) is 36.2. The van der Waals surface area contributed by atoms with Crippen LogP contribution in [0.15, 0.2) is 12.2 Å². The molecule has 2 heterocycles. The van der Waals surface area contributed by atoms with E-state index in [0.717, 1.165) is 38.5 Å². The standard InChI is InChI=1S/C65H125NO13/c1-3-5-7-9-11-13-15-16-17-18-19-20-21-22-23-24-25-26-27-28-29-30-31-32-33-34-35-36-37-38-39-41-43-45-47-49-57(70)66-53(54(69)48-46-44-42-40-14-12-10-8-6-4-2)52-76-64-62(75)60(73)63(56(51-68)78-64)79-65-61(74)59(72)58(71)55(50-67)77-65/h46,48,53-56,58-65,67-69,71-75H,3-45,47,49-52H2,1-2H3,(H,66,70)/b48-46+/t53-,54+,55+,56+,58-,59?,60?,61?,62?,63+,64+,65-/m0/s1. The Morgan fingerprint density at radius 1 is 0.443 bits per heavy atom. The van der Waals surface area contributed by atoms with Gasteiger partial charge in [-0.15, -0.1) is 0 Å². The van der Waals surface area contributed by atoms with E-state index in [2.05, 4.69) is 19.2 Å². The smallest absolute Gasteiger partial charge is 0.220 e. The van der Waals surface area contributed by atoms with Crippen molar-refractivity contribution in [3.63, 3.8) is 0 Å². The van der Waals surface area contributed by atoms with Gasteiger partial charge in [-0.25, -0.2) is 0 Å². The van der Waals surface area contributed by atoms with Crippen LogP contribution in [-0.4, -0.2) is 140 Å². The number of hydrogen-bond donors (Lipinski definition) is 9. The molecule has 79 heavy (non-hydrogen) atoms. The van der Waals surface area contributed by atoms with Gasteiger partial charge in [0.25, 0.3) is 0 Å². The predicted molar refractivity (Wildman–Crippen MR) is 319 cm³/mol. The van der Waals surface area contributed by atoms with Gasteiger partial charge < -0.3 is 65.1 Å². The monoisotopic (exact) mass is 1130 g/mol. The lowest BCUT2D eigenvalue weighted by Gasteiger charge is -2.46. The molecule has 2 aliphatic heterocycles. The third-order valence-corrected chi connectivity index (χ3v) is 16.7. The maximum absolute atomic E-state index is 13.2. The molecule has 1 amide bonds. The molecular weight excluding hydrogens is 1000 g/mol. The molecule has 2 saturated heterocycles. The van der Waals surface area contributed by atoms with Crippen molar-refractivity contribution < 1.29 is 64.6 Å². The minimum Gasteiger partial charge on any atom is -0.394 e. The van der Waals surface area contributed by atoms with Gasteiger partial charge in [0.05, 0.1) is 32.0 Å². The fourth-order valence-corrected chi connectivity index (χ4v) is 11.4. The van der Waals surface area contributed by atoms with Crippen LogP contribution >= 0.6 is 0 Å². The number of aliphatic hydroxyl groups excluding tert-OH is 8. The Labute approximate surface area is 482 Å². The van der Waals surface area contributed by atoms with Gasteiger partial charge in [0.1, 0.15) is 48.8 Å². The van der Waals surface area contributed by atoms with Crippen molar-refractivity contribution in [3.8, 4) is 0 Å². The molecule has 2 fully saturated rings. The Hall–Kier alpha value is -1.27. The molecular formula is C65H125NO13. The Balaban J connectivity index is 1.55. The number of amides is 1. The van der Waals surface area contributed by atoms with Crippen LogP contribution < -0.4 is 5.32 Å². The molecule has 2 rings (SSSR count). The van der Waals surface area contributed by atoms with Gasteiger partial charge in [-0.2, -0.15) is 0 Å². The minimum atomic E-state index is -1.78. The first-order valence-corrected chi connectivity index (χ1v) is 33.4. The van der Waals surface area contributed by atoms with Gasteiger partial charge in [0.2, 0.25) is 5.91 Å². The minimum absolute atomic E-state index is 0.235. The Morgan fingerprint density at radius 2 is 0.785 bits per heavy atom. The van der Waals surface area contributed by atoms with Crippen molar-refractivity contribution in [2.24, 2.45) is 0 Å². The molecule has 2 aliphatic rings.